The summed E-state index contributed by atoms with van der Waals surface area (Å²) in [6.45, 7) is 6.95. The number of halogens is 1. The van der Waals surface area contributed by atoms with Crippen molar-refractivity contribution in [1.82, 2.24) is 10.3 Å². The van der Waals surface area contributed by atoms with Gasteiger partial charge >= 0.3 is 11.9 Å². The molecule has 2 aromatic rings. The lowest BCUT2D eigenvalue weighted by Gasteiger charge is -2.31. The number of nitrogens with one attached hydrogen (secondary N) is 1. The summed E-state index contributed by atoms with van der Waals surface area (Å²) in [5.74, 6) is -2.26. The highest BCUT2D eigenvalue weighted by Gasteiger charge is 2.36. The Morgan fingerprint density at radius 2 is 1.90 bits per heavy atom. The van der Waals surface area contributed by atoms with E-state index in [1.165, 1.54) is 38.4 Å². The topological polar surface area (TPSA) is 132 Å². The molecule has 224 valence electrons. The lowest BCUT2D eigenvalue weighted by molar-refractivity contribution is -0.161. The summed E-state index contributed by atoms with van der Waals surface area (Å²) in [5.41, 5.74) is 0.690. The summed E-state index contributed by atoms with van der Waals surface area (Å²) >= 11 is 0. The zero-order chi connectivity index (χ0) is 29.9. The molecule has 1 fully saturated rings. The van der Waals surface area contributed by atoms with Crippen LogP contribution in [0.4, 0.5) is 4.39 Å². The van der Waals surface area contributed by atoms with E-state index in [0.717, 1.165) is 5.56 Å². The minimum atomic E-state index is -1.17. The monoisotopic (exact) mass is 576 g/mol. The third-order valence-electron chi connectivity index (χ3n) is 6.24. The molecule has 3 rings (SSSR count). The molecule has 0 bridgehead atoms. The highest BCUT2D eigenvalue weighted by atomic mass is 19.1. The van der Waals surface area contributed by atoms with Gasteiger partial charge in [0.2, 0.25) is 6.79 Å². The zero-order valence-corrected chi connectivity index (χ0v) is 23.9. The number of carbonyl (C=O) groups excluding carboxylic acids is 3. The Kier molecular flexibility index (Phi) is 11.8. The molecule has 0 unspecified atom stereocenters. The summed E-state index contributed by atoms with van der Waals surface area (Å²) < 4.78 is 46.9. The molecule has 0 aliphatic carbocycles. The molecule has 0 saturated carbocycles. The van der Waals surface area contributed by atoms with Crippen LogP contribution in [-0.2, 0) is 35.0 Å². The average Bonchev–Trinajstić information content (AvgIpc) is 2.97. The van der Waals surface area contributed by atoms with Crippen LogP contribution in [0.3, 0.4) is 0 Å². The van der Waals surface area contributed by atoms with Crippen molar-refractivity contribution in [3.63, 3.8) is 0 Å². The zero-order valence-electron chi connectivity index (χ0n) is 23.9. The third kappa shape index (κ3) is 9.39. The van der Waals surface area contributed by atoms with Gasteiger partial charge in [-0.15, -0.1) is 0 Å². The number of amides is 1. The molecule has 0 radical (unpaired) electrons. The van der Waals surface area contributed by atoms with Crippen LogP contribution in [0, 0.1) is 17.7 Å². The number of carbonyl (C=O) groups is 3. The van der Waals surface area contributed by atoms with Gasteiger partial charge in [-0.1, -0.05) is 26.0 Å². The van der Waals surface area contributed by atoms with Crippen LogP contribution in [0.25, 0.3) is 0 Å². The highest BCUT2D eigenvalue weighted by molar-refractivity contribution is 5.98. The van der Waals surface area contributed by atoms with Crippen molar-refractivity contribution in [3.05, 3.63) is 53.6 Å². The second-order valence-corrected chi connectivity index (χ2v) is 10.1. The van der Waals surface area contributed by atoms with E-state index in [9.17, 15) is 18.8 Å². The van der Waals surface area contributed by atoms with Crippen molar-refractivity contribution < 1.29 is 47.2 Å². The van der Waals surface area contributed by atoms with E-state index >= 15 is 0 Å². The number of rotatable bonds is 11. The van der Waals surface area contributed by atoms with Crippen LogP contribution in [0.1, 0.15) is 43.7 Å². The fourth-order valence-corrected chi connectivity index (χ4v) is 4.28. The van der Waals surface area contributed by atoms with E-state index in [1.54, 1.807) is 19.1 Å². The van der Waals surface area contributed by atoms with Crippen LogP contribution in [-0.4, -0.2) is 74.8 Å². The standard InChI is InChI=1S/C29H37FN2O9/c1-17(2)13-38-26-18(3)41-29(35)23(15-37-14-21(26)12-20-6-8-22(30)9-7-20)32-28(34)25-27(40-16-39-19(4)33)24(36-5)10-11-31-25/h6-11,17-18,21,23,26H,12-16H2,1-5H3,(H,32,34)/t18-,21-,23-,26-/m0/s1. The molecular weight excluding hydrogens is 539 g/mol. The van der Waals surface area contributed by atoms with Crippen molar-refractivity contribution in [3.8, 4) is 11.5 Å². The molecule has 1 aliphatic heterocycles. The predicted octanol–water partition coefficient (Wildman–Crippen LogP) is 3.09. The van der Waals surface area contributed by atoms with E-state index in [4.69, 9.17) is 28.4 Å². The molecule has 41 heavy (non-hydrogen) atoms. The van der Waals surface area contributed by atoms with Crippen molar-refractivity contribution in [2.45, 2.75) is 52.4 Å². The van der Waals surface area contributed by atoms with Crippen molar-refractivity contribution in [1.29, 1.82) is 0 Å². The van der Waals surface area contributed by atoms with Gasteiger partial charge in [-0.3, -0.25) is 9.59 Å². The van der Waals surface area contributed by atoms with E-state index in [2.05, 4.69) is 10.3 Å². The summed E-state index contributed by atoms with van der Waals surface area (Å²) in [5, 5.41) is 2.60. The van der Waals surface area contributed by atoms with Gasteiger partial charge in [0.1, 0.15) is 11.9 Å². The Hall–Kier alpha value is -3.77. The van der Waals surface area contributed by atoms with Crippen LogP contribution in [0.2, 0.25) is 0 Å². The van der Waals surface area contributed by atoms with E-state index in [0.29, 0.717) is 13.0 Å². The van der Waals surface area contributed by atoms with Gasteiger partial charge in [0.05, 0.1) is 26.4 Å². The molecule has 1 aromatic carbocycles. The molecule has 12 heteroatoms. The summed E-state index contributed by atoms with van der Waals surface area (Å²) in [4.78, 5) is 41.7. The first-order valence-corrected chi connectivity index (χ1v) is 13.3. The Balaban J connectivity index is 1.79. The summed E-state index contributed by atoms with van der Waals surface area (Å²) in [7, 11) is 1.38. The number of aromatic nitrogens is 1. The summed E-state index contributed by atoms with van der Waals surface area (Å²) in [6.07, 6.45) is 0.648. The van der Waals surface area contributed by atoms with Crippen molar-refractivity contribution >= 4 is 17.8 Å². The number of hydrogen-bond donors (Lipinski definition) is 1. The molecule has 11 nitrogen and oxygen atoms in total. The lowest BCUT2D eigenvalue weighted by Crippen LogP contribution is -2.46. The number of cyclic esters (lactones) is 1. The predicted molar refractivity (Wildman–Crippen MR) is 144 cm³/mol. The highest BCUT2D eigenvalue weighted by Crippen LogP contribution is 2.30. The largest absolute Gasteiger partial charge is 0.493 e. The number of esters is 2. The van der Waals surface area contributed by atoms with Crippen molar-refractivity contribution in [2.75, 3.05) is 33.7 Å². The second-order valence-electron chi connectivity index (χ2n) is 10.1. The number of benzene rings is 1. The smallest absolute Gasteiger partial charge is 0.331 e. The fraction of sp³-hybridized carbons (Fsp3) is 0.517. The van der Waals surface area contributed by atoms with Gasteiger partial charge < -0.3 is 33.7 Å². The van der Waals surface area contributed by atoms with Crippen LogP contribution < -0.4 is 14.8 Å². The van der Waals surface area contributed by atoms with Gasteiger partial charge in [-0.25, -0.2) is 14.2 Å². The Morgan fingerprint density at radius 3 is 2.56 bits per heavy atom. The lowest BCUT2D eigenvalue weighted by atomic mass is 9.91. The first-order chi connectivity index (χ1) is 19.6. The second kappa shape index (κ2) is 15.3. The van der Waals surface area contributed by atoms with Gasteiger partial charge in [0.25, 0.3) is 5.91 Å². The minimum Gasteiger partial charge on any atom is -0.493 e. The van der Waals surface area contributed by atoms with E-state index < -0.39 is 42.9 Å². The molecular formula is C29H37FN2O9. The van der Waals surface area contributed by atoms with E-state index in [1.807, 2.05) is 13.8 Å². The Bertz CT molecular complexity index is 1180. The first kappa shape index (κ1) is 31.8. The van der Waals surface area contributed by atoms with E-state index in [-0.39, 0.29) is 48.1 Å². The minimum absolute atomic E-state index is 0.0685. The number of pyridine rings is 1. The average molecular weight is 577 g/mol. The van der Waals surface area contributed by atoms with Crippen LogP contribution in [0.15, 0.2) is 36.5 Å². The fourth-order valence-electron chi connectivity index (χ4n) is 4.28. The quantitative estimate of drug-likeness (QED) is 0.314. The van der Waals surface area contributed by atoms with Crippen molar-refractivity contribution in [2.24, 2.45) is 11.8 Å². The number of methoxy groups -OCH3 is 1. The normalized spacial score (nSPS) is 21.2. The number of hydrogen-bond acceptors (Lipinski definition) is 10. The molecule has 1 aliphatic rings. The molecule has 1 N–H and O–H groups in total. The van der Waals surface area contributed by atoms with Gasteiger partial charge in [0, 0.05) is 31.7 Å². The first-order valence-electron chi connectivity index (χ1n) is 13.3. The van der Waals surface area contributed by atoms with Crippen LogP contribution >= 0.6 is 0 Å². The van der Waals surface area contributed by atoms with Gasteiger partial charge in [0.15, 0.2) is 23.2 Å². The molecule has 0 spiro atoms. The Labute approximate surface area is 238 Å². The maximum absolute atomic E-state index is 13.5. The molecule has 1 saturated heterocycles. The van der Waals surface area contributed by atoms with Gasteiger partial charge in [-0.2, -0.15) is 0 Å². The SMILES string of the molecule is COc1ccnc(C(=O)N[C@H]2COC[C@H](Cc3ccc(F)cc3)[C@@H](OCC(C)C)[C@H](C)OC2=O)c1OCOC(C)=O. The molecule has 4 atom stereocenters. The van der Waals surface area contributed by atoms with Gasteiger partial charge in [-0.05, 0) is 37.0 Å². The maximum Gasteiger partial charge on any atom is 0.331 e. The molecule has 1 amide bonds. The molecule has 2 heterocycles. The third-order valence-corrected chi connectivity index (χ3v) is 6.24. The number of nitrogens with zero attached hydrogens (tertiary/aromatic N) is 1. The Morgan fingerprint density at radius 1 is 1.17 bits per heavy atom. The maximum atomic E-state index is 13.5. The van der Waals surface area contributed by atoms with Crippen LogP contribution in [0.5, 0.6) is 11.5 Å². The molecule has 1 aromatic heterocycles. The summed E-state index contributed by atoms with van der Waals surface area (Å²) in [6, 6.07) is 6.47. The number of ether oxygens (including phenoxy) is 6.